The van der Waals surface area contributed by atoms with E-state index in [4.69, 9.17) is 25.8 Å². The summed E-state index contributed by atoms with van der Waals surface area (Å²) in [5.41, 5.74) is 0.377. The zero-order valence-corrected chi connectivity index (χ0v) is 11.1. The van der Waals surface area contributed by atoms with E-state index in [1.54, 1.807) is 7.11 Å². The van der Waals surface area contributed by atoms with Crippen LogP contribution in [0, 0.1) is 5.82 Å². The van der Waals surface area contributed by atoms with Gasteiger partial charge in [-0.3, -0.25) is 0 Å². The zero-order chi connectivity index (χ0) is 13.2. The van der Waals surface area contributed by atoms with E-state index >= 15 is 0 Å². The van der Waals surface area contributed by atoms with Crippen LogP contribution in [0.25, 0.3) is 0 Å². The number of hydrogen-bond acceptors (Lipinski definition) is 4. The molecule has 0 radical (unpaired) electrons. The van der Waals surface area contributed by atoms with E-state index in [0.29, 0.717) is 25.4 Å². The Morgan fingerprint density at radius 1 is 1.28 bits per heavy atom. The molecule has 1 aromatic rings. The molecule has 102 valence electrons. The van der Waals surface area contributed by atoms with E-state index in [9.17, 15) is 4.39 Å². The van der Waals surface area contributed by atoms with Gasteiger partial charge in [0.25, 0.3) is 5.88 Å². The molecule has 0 saturated heterocycles. The van der Waals surface area contributed by atoms with Crippen molar-refractivity contribution in [2.45, 2.75) is 12.3 Å². The Balaban J connectivity index is 2.23. The molecule has 0 amide bonds. The number of ether oxygens (including phenoxy) is 3. The molecule has 1 rings (SSSR count). The highest BCUT2D eigenvalue weighted by atomic mass is 35.5. The summed E-state index contributed by atoms with van der Waals surface area (Å²) >= 11 is 5.58. The third kappa shape index (κ3) is 5.16. The summed E-state index contributed by atoms with van der Waals surface area (Å²) in [6, 6.07) is 1.52. The van der Waals surface area contributed by atoms with Crippen molar-refractivity contribution >= 4 is 11.6 Å². The van der Waals surface area contributed by atoms with Gasteiger partial charge >= 0.3 is 0 Å². The van der Waals surface area contributed by atoms with E-state index in [-0.39, 0.29) is 18.4 Å². The molecule has 0 atom stereocenters. The van der Waals surface area contributed by atoms with Gasteiger partial charge in [-0.25, -0.2) is 9.37 Å². The predicted octanol–water partition coefficient (Wildman–Crippen LogP) is 2.39. The van der Waals surface area contributed by atoms with Gasteiger partial charge in [0.15, 0.2) is 5.82 Å². The van der Waals surface area contributed by atoms with Crippen LogP contribution in [0.15, 0.2) is 12.3 Å². The third-order valence-corrected chi connectivity index (χ3v) is 2.47. The SMILES string of the molecule is COCCCOCCOc1nccc(CCl)c1F. The Kier molecular flexibility index (Phi) is 7.64. The van der Waals surface area contributed by atoms with Crippen molar-refractivity contribution in [1.82, 2.24) is 4.98 Å². The highest BCUT2D eigenvalue weighted by molar-refractivity contribution is 6.17. The van der Waals surface area contributed by atoms with Gasteiger partial charge in [-0.2, -0.15) is 0 Å². The fourth-order valence-electron chi connectivity index (χ4n) is 1.27. The molecule has 6 heteroatoms. The molecule has 0 saturated carbocycles. The molecule has 0 bridgehead atoms. The average Bonchev–Trinajstić information content (AvgIpc) is 2.39. The van der Waals surface area contributed by atoms with Crippen molar-refractivity contribution in [2.75, 3.05) is 33.5 Å². The van der Waals surface area contributed by atoms with Gasteiger partial charge in [0.1, 0.15) is 6.61 Å². The van der Waals surface area contributed by atoms with Crippen LogP contribution in [-0.4, -0.2) is 38.5 Å². The van der Waals surface area contributed by atoms with Gasteiger partial charge in [0, 0.05) is 32.1 Å². The van der Waals surface area contributed by atoms with Crippen LogP contribution >= 0.6 is 11.6 Å². The maximum absolute atomic E-state index is 13.6. The second-order valence-corrected chi connectivity index (χ2v) is 3.80. The van der Waals surface area contributed by atoms with Gasteiger partial charge in [-0.05, 0) is 12.5 Å². The molecule has 4 nitrogen and oxygen atoms in total. The molecule has 18 heavy (non-hydrogen) atoms. The number of halogens is 2. The first-order valence-corrected chi connectivity index (χ1v) is 6.22. The Labute approximate surface area is 111 Å². The molecule has 1 heterocycles. The minimum Gasteiger partial charge on any atom is -0.473 e. The first-order chi connectivity index (χ1) is 8.79. The molecule has 0 fully saturated rings. The van der Waals surface area contributed by atoms with Gasteiger partial charge < -0.3 is 14.2 Å². The Bertz CT molecular complexity index is 352. The highest BCUT2D eigenvalue weighted by Crippen LogP contribution is 2.18. The van der Waals surface area contributed by atoms with E-state index in [0.717, 1.165) is 6.42 Å². The summed E-state index contributed by atoms with van der Waals surface area (Å²) in [7, 11) is 1.64. The van der Waals surface area contributed by atoms with Crippen molar-refractivity contribution in [1.29, 1.82) is 0 Å². The maximum Gasteiger partial charge on any atom is 0.250 e. The molecule has 0 aliphatic rings. The summed E-state index contributed by atoms with van der Waals surface area (Å²) in [5.74, 6) is -0.446. The number of nitrogens with zero attached hydrogens (tertiary/aromatic N) is 1. The molecule has 0 aromatic carbocycles. The molecule has 0 unspecified atom stereocenters. The van der Waals surface area contributed by atoms with Gasteiger partial charge in [0.2, 0.25) is 0 Å². The van der Waals surface area contributed by atoms with Crippen LogP contribution in [0.2, 0.25) is 0 Å². The number of alkyl halides is 1. The van der Waals surface area contributed by atoms with E-state index in [1.165, 1.54) is 12.3 Å². The van der Waals surface area contributed by atoms with Crippen molar-refractivity contribution in [2.24, 2.45) is 0 Å². The lowest BCUT2D eigenvalue weighted by Gasteiger charge is -2.08. The summed E-state index contributed by atoms with van der Waals surface area (Å²) in [6.45, 7) is 1.89. The molecule has 0 N–H and O–H groups in total. The largest absolute Gasteiger partial charge is 0.473 e. The normalized spacial score (nSPS) is 10.6. The van der Waals surface area contributed by atoms with Crippen LogP contribution in [0.5, 0.6) is 5.88 Å². The fourth-order valence-corrected chi connectivity index (χ4v) is 1.48. The van der Waals surface area contributed by atoms with Gasteiger partial charge in [0.05, 0.1) is 12.5 Å². The van der Waals surface area contributed by atoms with E-state index < -0.39 is 5.82 Å². The predicted molar refractivity (Wildman–Crippen MR) is 66.6 cm³/mol. The van der Waals surface area contributed by atoms with E-state index in [1.807, 2.05) is 0 Å². The lowest BCUT2D eigenvalue weighted by Crippen LogP contribution is -2.10. The summed E-state index contributed by atoms with van der Waals surface area (Å²) < 4.78 is 29.0. The van der Waals surface area contributed by atoms with Crippen LogP contribution in [-0.2, 0) is 15.4 Å². The van der Waals surface area contributed by atoms with E-state index in [2.05, 4.69) is 4.98 Å². The van der Waals surface area contributed by atoms with Crippen molar-refractivity contribution in [3.8, 4) is 5.88 Å². The number of pyridine rings is 1. The molecule has 0 spiro atoms. The standard InChI is InChI=1S/C12H17ClFNO3/c1-16-5-2-6-17-7-8-18-12-11(14)10(9-13)3-4-15-12/h3-4H,2,5-9H2,1H3. The first kappa shape index (κ1) is 15.1. The minimum absolute atomic E-state index is 0.0337. The number of methoxy groups -OCH3 is 1. The van der Waals surface area contributed by atoms with Crippen LogP contribution in [0.1, 0.15) is 12.0 Å². The Hall–Kier alpha value is -0.910. The highest BCUT2D eigenvalue weighted by Gasteiger charge is 2.09. The van der Waals surface area contributed by atoms with Crippen LogP contribution in [0.4, 0.5) is 4.39 Å². The second-order valence-electron chi connectivity index (χ2n) is 3.53. The zero-order valence-electron chi connectivity index (χ0n) is 10.3. The van der Waals surface area contributed by atoms with Gasteiger partial charge in [-0.15, -0.1) is 11.6 Å². The van der Waals surface area contributed by atoms with Crippen molar-refractivity contribution < 1.29 is 18.6 Å². The Morgan fingerprint density at radius 3 is 2.83 bits per heavy atom. The molecular weight excluding hydrogens is 261 g/mol. The minimum atomic E-state index is -0.508. The topological polar surface area (TPSA) is 40.6 Å². The summed E-state index contributed by atoms with van der Waals surface area (Å²) in [4.78, 5) is 3.80. The van der Waals surface area contributed by atoms with Crippen LogP contribution < -0.4 is 4.74 Å². The molecule has 0 aliphatic heterocycles. The molecular formula is C12H17ClFNO3. The number of rotatable bonds is 9. The van der Waals surface area contributed by atoms with Crippen molar-refractivity contribution in [3.05, 3.63) is 23.6 Å². The Morgan fingerprint density at radius 2 is 2.11 bits per heavy atom. The average molecular weight is 278 g/mol. The number of hydrogen-bond donors (Lipinski definition) is 0. The summed E-state index contributed by atoms with van der Waals surface area (Å²) in [5, 5.41) is 0. The second kappa shape index (κ2) is 9.08. The lowest BCUT2D eigenvalue weighted by atomic mass is 10.3. The molecule has 1 aromatic heterocycles. The van der Waals surface area contributed by atoms with Gasteiger partial charge in [-0.1, -0.05) is 0 Å². The monoisotopic (exact) mass is 277 g/mol. The third-order valence-electron chi connectivity index (χ3n) is 2.18. The lowest BCUT2D eigenvalue weighted by molar-refractivity contribution is 0.0784. The smallest absolute Gasteiger partial charge is 0.250 e. The maximum atomic E-state index is 13.6. The number of aromatic nitrogens is 1. The van der Waals surface area contributed by atoms with Crippen LogP contribution in [0.3, 0.4) is 0 Å². The van der Waals surface area contributed by atoms with Crippen molar-refractivity contribution in [3.63, 3.8) is 0 Å². The molecule has 0 aliphatic carbocycles. The fraction of sp³-hybridized carbons (Fsp3) is 0.583. The quantitative estimate of drug-likeness (QED) is 0.513. The first-order valence-electron chi connectivity index (χ1n) is 5.68. The summed E-state index contributed by atoms with van der Waals surface area (Å²) in [6.07, 6.45) is 2.29.